The third kappa shape index (κ3) is 4.22. The lowest BCUT2D eigenvalue weighted by molar-refractivity contribution is -0.683. The highest BCUT2D eigenvalue weighted by molar-refractivity contribution is 7.17. The van der Waals surface area contributed by atoms with Gasteiger partial charge in [0.15, 0.2) is 12.4 Å². The Labute approximate surface area is 174 Å². The maximum atomic E-state index is 12.7. The molecule has 148 valence electrons. The van der Waals surface area contributed by atoms with Crippen molar-refractivity contribution in [3.63, 3.8) is 0 Å². The molecular weight excluding hydrogens is 384 g/mol. The number of aromatic nitrogens is 1. The first-order valence-corrected chi connectivity index (χ1v) is 10.6. The largest absolute Gasteiger partial charge is 0.462 e. The van der Waals surface area contributed by atoms with E-state index in [1.165, 1.54) is 16.2 Å². The van der Waals surface area contributed by atoms with E-state index in [9.17, 15) is 9.59 Å². The minimum Gasteiger partial charge on any atom is -0.462 e. The van der Waals surface area contributed by atoms with Gasteiger partial charge in [-0.25, -0.2) is 4.79 Å². The van der Waals surface area contributed by atoms with Crippen LogP contribution in [0.1, 0.15) is 34.1 Å². The van der Waals surface area contributed by atoms with E-state index < -0.39 is 0 Å². The third-order valence-corrected chi connectivity index (χ3v) is 6.15. The summed E-state index contributed by atoms with van der Waals surface area (Å²) in [6, 6.07) is 14.0. The van der Waals surface area contributed by atoms with E-state index in [1.807, 2.05) is 59.4 Å². The summed E-state index contributed by atoms with van der Waals surface area (Å²) in [5, 5.41) is 3.55. The van der Waals surface area contributed by atoms with Crippen LogP contribution in [0.3, 0.4) is 0 Å². The number of thiophene rings is 1. The van der Waals surface area contributed by atoms with Crippen LogP contribution in [0, 0.1) is 0 Å². The maximum absolute atomic E-state index is 12.7. The second-order valence-electron chi connectivity index (χ2n) is 6.96. The van der Waals surface area contributed by atoms with E-state index in [0.29, 0.717) is 17.2 Å². The predicted octanol–water partition coefficient (Wildman–Crippen LogP) is 4.01. The zero-order valence-corrected chi connectivity index (χ0v) is 17.1. The van der Waals surface area contributed by atoms with Crippen LogP contribution < -0.4 is 9.88 Å². The Morgan fingerprint density at radius 1 is 1.10 bits per heavy atom. The van der Waals surface area contributed by atoms with Crippen molar-refractivity contribution in [3.8, 4) is 11.1 Å². The molecule has 0 spiro atoms. The Kier molecular flexibility index (Phi) is 5.71. The van der Waals surface area contributed by atoms with Crippen molar-refractivity contribution in [2.24, 2.45) is 0 Å². The summed E-state index contributed by atoms with van der Waals surface area (Å²) in [6.45, 7) is 2.28. The summed E-state index contributed by atoms with van der Waals surface area (Å²) in [5.74, 6) is -0.508. The Balaban J connectivity index is 1.52. The summed E-state index contributed by atoms with van der Waals surface area (Å²) < 4.78 is 7.08. The van der Waals surface area contributed by atoms with Crippen molar-refractivity contribution in [2.45, 2.75) is 32.7 Å². The first-order chi connectivity index (χ1) is 14.2. The van der Waals surface area contributed by atoms with Gasteiger partial charge in [0.1, 0.15) is 5.00 Å². The highest BCUT2D eigenvalue weighted by Crippen LogP contribution is 2.39. The lowest BCUT2D eigenvalue weighted by Crippen LogP contribution is -2.39. The number of esters is 1. The lowest BCUT2D eigenvalue weighted by atomic mass is 10.1. The summed E-state index contributed by atoms with van der Waals surface area (Å²) in [4.78, 5) is 26.3. The van der Waals surface area contributed by atoms with Crippen LogP contribution in [0.2, 0.25) is 0 Å². The zero-order valence-electron chi connectivity index (χ0n) is 16.3. The number of fused-ring (bicyclic) bond motifs is 1. The minimum absolute atomic E-state index is 0.161. The van der Waals surface area contributed by atoms with Crippen molar-refractivity contribution in [1.29, 1.82) is 0 Å². The number of carbonyl (C=O) groups excluding carboxylic acids is 2. The smallest absolute Gasteiger partial charge is 0.341 e. The third-order valence-electron chi connectivity index (χ3n) is 4.95. The summed E-state index contributed by atoms with van der Waals surface area (Å²) >= 11 is 1.50. The molecule has 0 radical (unpaired) electrons. The first-order valence-electron chi connectivity index (χ1n) is 9.81. The van der Waals surface area contributed by atoms with E-state index in [1.54, 1.807) is 6.92 Å². The number of hydrogen-bond donors (Lipinski definition) is 1. The van der Waals surface area contributed by atoms with Gasteiger partial charge in [0, 0.05) is 16.5 Å². The molecule has 0 saturated carbocycles. The minimum atomic E-state index is -0.346. The number of hydrogen-bond acceptors (Lipinski definition) is 4. The van der Waals surface area contributed by atoms with Crippen molar-refractivity contribution >= 4 is 28.2 Å². The van der Waals surface area contributed by atoms with Gasteiger partial charge in [-0.3, -0.25) is 4.79 Å². The second kappa shape index (κ2) is 8.57. The average molecular weight is 408 g/mol. The van der Waals surface area contributed by atoms with Gasteiger partial charge < -0.3 is 10.1 Å². The quantitative estimate of drug-likeness (QED) is 0.496. The Hall–Kier alpha value is -2.99. The molecule has 0 saturated heterocycles. The Morgan fingerprint density at radius 3 is 2.69 bits per heavy atom. The number of ether oxygens (including phenoxy) is 1. The molecule has 0 unspecified atom stereocenters. The van der Waals surface area contributed by atoms with Gasteiger partial charge in [-0.15, -0.1) is 11.3 Å². The van der Waals surface area contributed by atoms with Crippen LogP contribution in [0.5, 0.6) is 0 Å². The average Bonchev–Trinajstić information content (AvgIpc) is 3.29. The number of anilines is 1. The predicted molar refractivity (Wildman–Crippen MR) is 113 cm³/mol. The molecular formula is C23H23N2O3S+. The molecule has 0 fully saturated rings. The molecule has 4 rings (SSSR count). The van der Waals surface area contributed by atoms with E-state index in [-0.39, 0.29) is 18.4 Å². The molecule has 1 aromatic carbocycles. The Morgan fingerprint density at radius 2 is 1.90 bits per heavy atom. The zero-order chi connectivity index (χ0) is 20.2. The highest BCUT2D eigenvalue weighted by atomic mass is 32.1. The van der Waals surface area contributed by atoms with Crippen molar-refractivity contribution in [3.05, 3.63) is 70.9 Å². The number of aryl methyl sites for hydroxylation is 1. The van der Waals surface area contributed by atoms with Gasteiger partial charge in [-0.1, -0.05) is 30.3 Å². The molecule has 6 heteroatoms. The molecule has 1 amide bonds. The van der Waals surface area contributed by atoms with Crippen LogP contribution in [-0.2, 0) is 28.9 Å². The van der Waals surface area contributed by atoms with Gasteiger partial charge >= 0.3 is 5.97 Å². The van der Waals surface area contributed by atoms with Crippen molar-refractivity contribution < 1.29 is 18.9 Å². The fraction of sp³-hybridized carbons (Fsp3) is 0.261. The molecule has 1 N–H and O–H groups in total. The topological polar surface area (TPSA) is 59.3 Å². The number of benzene rings is 1. The molecule has 5 nitrogen and oxygen atoms in total. The molecule has 29 heavy (non-hydrogen) atoms. The van der Waals surface area contributed by atoms with Crippen LogP contribution in [-0.4, -0.2) is 18.5 Å². The highest BCUT2D eigenvalue weighted by Gasteiger charge is 2.28. The molecule has 0 atom stereocenters. The first kappa shape index (κ1) is 19.3. The van der Waals surface area contributed by atoms with E-state index in [2.05, 4.69) is 5.32 Å². The number of carbonyl (C=O) groups is 2. The summed E-state index contributed by atoms with van der Waals surface area (Å²) in [6.07, 6.45) is 6.69. The molecule has 0 bridgehead atoms. The number of pyridine rings is 1. The number of nitrogens with one attached hydrogen (secondary N) is 1. The summed E-state index contributed by atoms with van der Waals surface area (Å²) in [7, 11) is 0. The van der Waals surface area contributed by atoms with Gasteiger partial charge in [0.2, 0.25) is 6.54 Å². The second-order valence-corrected chi connectivity index (χ2v) is 8.07. The van der Waals surface area contributed by atoms with Crippen LogP contribution in [0.4, 0.5) is 5.00 Å². The molecule has 3 aromatic rings. The lowest BCUT2D eigenvalue weighted by Gasteiger charge is -2.07. The van der Waals surface area contributed by atoms with Gasteiger partial charge in [-0.05, 0) is 43.4 Å². The van der Waals surface area contributed by atoms with Crippen LogP contribution >= 0.6 is 11.3 Å². The van der Waals surface area contributed by atoms with Crippen molar-refractivity contribution in [2.75, 3.05) is 11.9 Å². The maximum Gasteiger partial charge on any atom is 0.341 e. The van der Waals surface area contributed by atoms with Gasteiger partial charge in [-0.2, -0.15) is 4.57 Å². The number of rotatable bonds is 6. The van der Waals surface area contributed by atoms with E-state index in [0.717, 1.165) is 36.0 Å². The Bertz CT molecular complexity index is 1040. The standard InChI is InChI=1S/C23H22N2O3S/c1-2-28-23(27)21-18-11-6-12-19(18)29-22(21)24-20(26)15-25-13-7-10-17(14-25)16-8-4-3-5-9-16/h3-5,7-10,13-14H,2,6,11-12,15H2,1H3/p+1. The van der Waals surface area contributed by atoms with Crippen molar-refractivity contribution in [1.82, 2.24) is 0 Å². The molecule has 0 aliphatic heterocycles. The van der Waals surface area contributed by atoms with E-state index in [4.69, 9.17) is 4.74 Å². The van der Waals surface area contributed by atoms with E-state index >= 15 is 0 Å². The SMILES string of the molecule is CCOC(=O)c1c(NC(=O)C[n+]2cccc(-c3ccccc3)c2)sc2c1CCC2. The molecule has 2 aromatic heterocycles. The summed E-state index contributed by atoms with van der Waals surface area (Å²) in [5.41, 5.74) is 3.73. The number of amides is 1. The number of nitrogens with zero attached hydrogens (tertiary/aromatic N) is 1. The van der Waals surface area contributed by atoms with Gasteiger partial charge in [0.25, 0.3) is 5.91 Å². The molecule has 2 heterocycles. The fourth-order valence-electron chi connectivity index (χ4n) is 3.67. The van der Waals surface area contributed by atoms with Crippen LogP contribution in [0.15, 0.2) is 54.9 Å². The van der Waals surface area contributed by atoms with Crippen LogP contribution in [0.25, 0.3) is 11.1 Å². The monoisotopic (exact) mass is 407 g/mol. The fourth-order valence-corrected chi connectivity index (χ4v) is 4.96. The molecule has 1 aliphatic rings. The molecule has 1 aliphatic carbocycles. The van der Waals surface area contributed by atoms with Gasteiger partial charge in [0.05, 0.1) is 12.2 Å². The normalized spacial score (nSPS) is 12.4.